The molecule has 2 aliphatic heterocycles. The fourth-order valence-corrected chi connectivity index (χ4v) is 3.21. The molecule has 0 aromatic carbocycles. The number of piperidine rings is 1. The number of nitrogens with one attached hydrogen (secondary N) is 2. The fourth-order valence-electron chi connectivity index (χ4n) is 3.21. The number of β-amino-alcohol motifs (C(OH)–C–C–N with tert-alkyl or cyclic N) is 1. The molecule has 21 heavy (non-hydrogen) atoms. The lowest BCUT2D eigenvalue weighted by atomic mass is 9.96. The molecule has 122 valence electrons. The topological polar surface area (TPSA) is 67.8 Å². The molecule has 0 aromatic rings. The van der Waals surface area contributed by atoms with Crippen molar-refractivity contribution in [2.24, 2.45) is 5.92 Å². The van der Waals surface area contributed by atoms with Gasteiger partial charge < -0.3 is 20.6 Å². The van der Waals surface area contributed by atoms with Gasteiger partial charge in [-0.1, -0.05) is 0 Å². The van der Waals surface area contributed by atoms with Crippen molar-refractivity contribution in [1.29, 1.82) is 0 Å². The van der Waals surface area contributed by atoms with Crippen LogP contribution in [0.1, 0.15) is 19.8 Å². The first kappa shape index (κ1) is 16.7. The molecular weight excluding hydrogens is 268 g/mol. The van der Waals surface area contributed by atoms with Gasteiger partial charge in [-0.15, -0.1) is 0 Å². The highest BCUT2D eigenvalue weighted by atomic mass is 16.3. The highest BCUT2D eigenvalue weighted by molar-refractivity contribution is 5.72. The number of rotatable bonds is 6. The maximum Gasteiger partial charge on any atom is 0.216 e. The molecule has 0 aliphatic carbocycles. The summed E-state index contributed by atoms with van der Waals surface area (Å²) < 4.78 is 0. The van der Waals surface area contributed by atoms with Gasteiger partial charge >= 0.3 is 0 Å². The Labute approximate surface area is 127 Å². The Hall–Kier alpha value is -0.690. The van der Waals surface area contributed by atoms with Crippen LogP contribution >= 0.6 is 0 Å². The number of hydrogen-bond acceptors (Lipinski definition) is 5. The number of carbonyl (C=O) groups excluding carboxylic acids is 1. The van der Waals surface area contributed by atoms with Gasteiger partial charge in [-0.2, -0.15) is 0 Å². The summed E-state index contributed by atoms with van der Waals surface area (Å²) in [5, 5.41) is 16.5. The number of piperazine rings is 1. The molecule has 0 radical (unpaired) electrons. The molecule has 2 rings (SSSR count). The maximum absolute atomic E-state index is 10.9. The van der Waals surface area contributed by atoms with Gasteiger partial charge in [-0.05, 0) is 31.8 Å². The number of likely N-dealkylation sites (tertiary alicyclic amines) is 1. The zero-order valence-corrected chi connectivity index (χ0v) is 13.2. The van der Waals surface area contributed by atoms with Crippen molar-refractivity contribution in [1.82, 2.24) is 20.4 Å². The zero-order chi connectivity index (χ0) is 15.1. The van der Waals surface area contributed by atoms with Crippen molar-refractivity contribution in [3.8, 4) is 0 Å². The van der Waals surface area contributed by atoms with Gasteiger partial charge in [-0.25, -0.2) is 0 Å². The molecule has 2 aliphatic rings. The smallest absolute Gasteiger partial charge is 0.216 e. The number of aliphatic hydroxyl groups is 1. The van der Waals surface area contributed by atoms with Gasteiger partial charge in [0.25, 0.3) is 0 Å². The first-order valence-corrected chi connectivity index (χ1v) is 8.21. The molecule has 3 N–H and O–H groups in total. The molecule has 6 heteroatoms. The Morgan fingerprint density at radius 1 is 1.19 bits per heavy atom. The largest absolute Gasteiger partial charge is 0.390 e. The summed E-state index contributed by atoms with van der Waals surface area (Å²) in [6.45, 7) is 10.1. The number of amides is 1. The lowest BCUT2D eigenvalue weighted by Crippen LogP contribution is -2.49. The lowest BCUT2D eigenvalue weighted by molar-refractivity contribution is -0.119. The second-order valence-electron chi connectivity index (χ2n) is 6.39. The average Bonchev–Trinajstić information content (AvgIpc) is 2.47. The number of aliphatic hydroxyl groups excluding tert-OH is 1. The number of hydrogen-bond donors (Lipinski definition) is 3. The molecule has 1 amide bonds. The van der Waals surface area contributed by atoms with E-state index in [1.165, 1.54) is 0 Å². The van der Waals surface area contributed by atoms with Crippen LogP contribution in [0, 0.1) is 5.92 Å². The summed E-state index contributed by atoms with van der Waals surface area (Å²) in [4.78, 5) is 15.6. The van der Waals surface area contributed by atoms with Gasteiger partial charge in [0.15, 0.2) is 0 Å². The van der Waals surface area contributed by atoms with E-state index in [9.17, 15) is 9.90 Å². The SMILES string of the molecule is CC(=O)NCC1CCN(CC(O)CN2CCNCC2)CC1. The normalized spacial score (nSPS) is 23.9. The quantitative estimate of drug-likeness (QED) is 0.593. The predicted octanol–water partition coefficient (Wildman–Crippen LogP) is -0.899. The molecule has 1 unspecified atom stereocenters. The van der Waals surface area contributed by atoms with Crippen molar-refractivity contribution < 1.29 is 9.90 Å². The van der Waals surface area contributed by atoms with Crippen molar-refractivity contribution in [2.75, 3.05) is 58.9 Å². The number of nitrogens with zero attached hydrogens (tertiary/aromatic N) is 2. The van der Waals surface area contributed by atoms with E-state index in [0.29, 0.717) is 5.92 Å². The van der Waals surface area contributed by atoms with Crippen LogP contribution in [-0.4, -0.2) is 85.8 Å². The number of carbonyl (C=O) groups is 1. The van der Waals surface area contributed by atoms with Gasteiger partial charge in [0.2, 0.25) is 5.91 Å². The second-order valence-corrected chi connectivity index (χ2v) is 6.39. The van der Waals surface area contributed by atoms with Gasteiger partial charge in [0.1, 0.15) is 0 Å². The third kappa shape index (κ3) is 6.30. The van der Waals surface area contributed by atoms with Crippen LogP contribution in [0.3, 0.4) is 0 Å². The molecule has 0 aromatic heterocycles. The van der Waals surface area contributed by atoms with Gasteiger partial charge in [0.05, 0.1) is 6.10 Å². The minimum absolute atomic E-state index is 0.0591. The van der Waals surface area contributed by atoms with Crippen LogP contribution in [0.2, 0.25) is 0 Å². The Bertz CT molecular complexity index is 313. The van der Waals surface area contributed by atoms with Crippen molar-refractivity contribution in [3.05, 3.63) is 0 Å². The summed E-state index contributed by atoms with van der Waals surface area (Å²) in [5.41, 5.74) is 0. The second kappa shape index (κ2) is 8.68. The van der Waals surface area contributed by atoms with E-state index in [1.54, 1.807) is 6.92 Å². The van der Waals surface area contributed by atoms with Crippen LogP contribution in [-0.2, 0) is 4.79 Å². The summed E-state index contributed by atoms with van der Waals surface area (Å²) in [7, 11) is 0. The minimum atomic E-state index is -0.255. The molecular formula is C15H30N4O2. The van der Waals surface area contributed by atoms with E-state index in [0.717, 1.165) is 71.7 Å². The van der Waals surface area contributed by atoms with Crippen molar-refractivity contribution in [2.45, 2.75) is 25.9 Å². The van der Waals surface area contributed by atoms with E-state index in [1.807, 2.05) is 0 Å². The van der Waals surface area contributed by atoms with Crippen LogP contribution in [0.5, 0.6) is 0 Å². The highest BCUT2D eigenvalue weighted by Gasteiger charge is 2.22. The van der Waals surface area contributed by atoms with Gasteiger partial charge in [0, 0.05) is 52.7 Å². The standard InChI is InChI=1S/C15H30N4O2/c1-13(20)17-10-14-2-6-18(7-3-14)11-15(21)12-19-8-4-16-5-9-19/h14-16,21H,2-12H2,1H3,(H,17,20). The maximum atomic E-state index is 10.9. The van der Waals surface area contributed by atoms with Crippen molar-refractivity contribution in [3.63, 3.8) is 0 Å². The highest BCUT2D eigenvalue weighted by Crippen LogP contribution is 2.16. The molecule has 0 saturated carbocycles. The zero-order valence-electron chi connectivity index (χ0n) is 13.2. The molecule has 0 bridgehead atoms. The predicted molar refractivity (Wildman–Crippen MR) is 83.2 cm³/mol. The third-order valence-electron chi connectivity index (χ3n) is 4.49. The third-order valence-corrected chi connectivity index (χ3v) is 4.49. The van der Waals surface area contributed by atoms with Crippen molar-refractivity contribution >= 4 is 5.91 Å². The Balaban J connectivity index is 1.60. The first-order chi connectivity index (χ1) is 10.1. The summed E-state index contributed by atoms with van der Waals surface area (Å²) >= 11 is 0. The van der Waals surface area contributed by atoms with Gasteiger partial charge in [-0.3, -0.25) is 9.69 Å². The molecule has 1 atom stereocenters. The molecule has 2 saturated heterocycles. The average molecular weight is 298 g/mol. The van der Waals surface area contributed by atoms with Crippen LogP contribution in [0.25, 0.3) is 0 Å². The molecule has 0 spiro atoms. The minimum Gasteiger partial charge on any atom is -0.390 e. The lowest BCUT2D eigenvalue weighted by Gasteiger charge is -2.35. The fraction of sp³-hybridized carbons (Fsp3) is 0.933. The molecule has 2 heterocycles. The van der Waals surface area contributed by atoms with Crippen LogP contribution in [0.15, 0.2) is 0 Å². The first-order valence-electron chi connectivity index (χ1n) is 8.21. The Kier molecular flexibility index (Phi) is 6.89. The van der Waals surface area contributed by atoms with E-state index in [2.05, 4.69) is 20.4 Å². The summed E-state index contributed by atoms with van der Waals surface area (Å²) in [6.07, 6.45) is 1.97. The monoisotopic (exact) mass is 298 g/mol. The summed E-state index contributed by atoms with van der Waals surface area (Å²) in [5.74, 6) is 0.652. The van der Waals surface area contributed by atoms with E-state index in [-0.39, 0.29) is 12.0 Å². The summed E-state index contributed by atoms with van der Waals surface area (Å²) in [6, 6.07) is 0. The molecule has 2 fully saturated rings. The Morgan fingerprint density at radius 3 is 2.33 bits per heavy atom. The molecule has 6 nitrogen and oxygen atoms in total. The van der Waals surface area contributed by atoms with E-state index >= 15 is 0 Å². The van der Waals surface area contributed by atoms with E-state index < -0.39 is 0 Å². The Morgan fingerprint density at radius 2 is 1.76 bits per heavy atom. The van der Waals surface area contributed by atoms with Crippen LogP contribution < -0.4 is 10.6 Å². The van der Waals surface area contributed by atoms with Crippen LogP contribution in [0.4, 0.5) is 0 Å². The van der Waals surface area contributed by atoms with E-state index in [4.69, 9.17) is 0 Å².